The molecule has 15 heavy (non-hydrogen) atoms. The summed E-state index contributed by atoms with van der Waals surface area (Å²) in [6, 6.07) is 4.41. The number of nitrogens with zero attached hydrogens (tertiary/aromatic N) is 1. The summed E-state index contributed by atoms with van der Waals surface area (Å²) in [4.78, 5) is 4.24. The van der Waals surface area contributed by atoms with Gasteiger partial charge in [0.15, 0.2) is 0 Å². The lowest BCUT2D eigenvalue weighted by molar-refractivity contribution is 0.0657. The summed E-state index contributed by atoms with van der Waals surface area (Å²) < 4.78 is 5.53. The van der Waals surface area contributed by atoms with Crippen molar-refractivity contribution in [2.45, 2.75) is 46.4 Å². The Labute approximate surface area is 91.9 Å². The second kappa shape index (κ2) is 5.71. The van der Waals surface area contributed by atoms with Gasteiger partial charge in [-0.25, -0.2) is 4.98 Å². The lowest BCUT2D eigenvalue weighted by Crippen LogP contribution is -2.11. The molecule has 3 nitrogen and oxygen atoms in total. The molecule has 0 amide bonds. The molecule has 1 aromatic heterocycles. The molecule has 1 heterocycles. The van der Waals surface area contributed by atoms with Crippen LogP contribution in [0.2, 0.25) is 0 Å². The summed E-state index contributed by atoms with van der Waals surface area (Å²) in [6.07, 6.45) is 2.07. The van der Waals surface area contributed by atoms with Crippen molar-refractivity contribution in [3.63, 3.8) is 0 Å². The SMILES string of the molecule is CC(C)Nc1cc(COC(C)C)ccn1. The minimum absolute atomic E-state index is 0.264. The van der Waals surface area contributed by atoms with E-state index in [0.29, 0.717) is 12.6 Å². The highest BCUT2D eigenvalue weighted by molar-refractivity contribution is 5.37. The Balaban J connectivity index is 2.57. The van der Waals surface area contributed by atoms with Crippen LogP contribution in [-0.2, 0) is 11.3 Å². The molecule has 0 spiro atoms. The molecule has 0 aliphatic heterocycles. The fraction of sp³-hybridized carbons (Fsp3) is 0.583. The van der Waals surface area contributed by atoms with Gasteiger partial charge in [-0.3, -0.25) is 0 Å². The third-order valence-corrected chi connectivity index (χ3v) is 1.84. The monoisotopic (exact) mass is 208 g/mol. The van der Waals surface area contributed by atoms with Gasteiger partial charge in [0.2, 0.25) is 0 Å². The average Bonchev–Trinajstić information content (AvgIpc) is 2.14. The molecule has 0 atom stereocenters. The van der Waals surface area contributed by atoms with Gasteiger partial charge in [-0.1, -0.05) is 0 Å². The smallest absolute Gasteiger partial charge is 0.126 e. The minimum atomic E-state index is 0.264. The quantitative estimate of drug-likeness (QED) is 0.808. The van der Waals surface area contributed by atoms with Crippen molar-refractivity contribution < 1.29 is 4.74 Å². The Kier molecular flexibility index (Phi) is 4.56. The number of aromatic nitrogens is 1. The minimum Gasteiger partial charge on any atom is -0.374 e. The van der Waals surface area contributed by atoms with Gasteiger partial charge in [-0.05, 0) is 45.4 Å². The molecule has 0 bridgehead atoms. The van der Waals surface area contributed by atoms with Crippen molar-refractivity contribution in [2.75, 3.05) is 5.32 Å². The van der Waals surface area contributed by atoms with Crippen LogP contribution in [-0.4, -0.2) is 17.1 Å². The molecule has 1 aromatic rings. The normalized spacial score (nSPS) is 11.1. The zero-order valence-corrected chi connectivity index (χ0v) is 9.95. The van der Waals surface area contributed by atoms with Gasteiger partial charge < -0.3 is 10.1 Å². The standard InChI is InChI=1S/C12H20N2O/c1-9(2)14-12-7-11(5-6-13-12)8-15-10(3)4/h5-7,9-10H,8H2,1-4H3,(H,13,14). The van der Waals surface area contributed by atoms with Gasteiger partial charge in [0.25, 0.3) is 0 Å². The fourth-order valence-corrected chi connectivity index (χ4v) is 1.20. The number of ether oxygens (including phenoxy) is 1. The molecule has 0 saturated carbocycles. The zero-order chi connectivity index (χ0) is 11.3. The van der Waals surface area contributed by atoms with Crippen LogP contribution in [0.4, 0.5) is 5.82 Å². The third kappa shape index (κ3) is 4.79. The predicted octanol–water partition coefficient (Wildman–Crippen LogP) is 2.83. The van der Waals surface area contributed by atoms with E-state index in [0.717, 1.165) is 11.4 Å². The Morgan fingerprint density at radius 3 is 2.67 bits per heavy atom. The highest BCUT2D eigenvalue weighted by atomic mass is 16.5. The maximum Gasteiger partial charge on any atom is 0.126 e. The summed E-state index contributed by atoms with van der Waals surface area (Å²) >= 11 is 0. The summed E-state index contributed by atoms with van der Waals surface area (Å²) in [5.74, 6) is 0.912. The van der Waals surface area contributed by atoms with Crippen LogP contribution < -0.4 is 5.32 Å². The van der Waals surface area contributed by atoms with Gasteiger partial charge in [0, 0.05) is 12.2 Å². The van der Waals surface area contributed by atoms with Crippen LogP contribution in [0.3, 0.4) is 0 Å². The van der Waals surface area contributed by atoms with Crippen molar-refractivity contribution in [1.29, 1.82) is 0 Å². The van der Waals surface area contributed by atoms with E-state index in [-0.39, 0.29) is 6.10 Å². The van der Waals surface area contributed by atoms with Gasteiger partial charge in [0.1, 0.15) is 5.82 Å². The van der Waals surface area contributed by atoms with Crippen LogP contribution in [0.1, 0.15) is 33.3 Å². The van der Waals surface area contributed by atoms with Crippen LogP contribution >= 0.6 is 0 Å². The number of hydrogen-bond donors (Lipinski definition) is 1. The highest BCUT2D eigenvalue weighted by Gasteiger charge is 2.00. The van der Waals surface area contributed by atoms with E-state index in [1.165, 1.54) is 0 Å². The highest BCUT2D eigenvalue weighted by Crippen LogP contribution is 2.09. The summed E-state index contributed by atoms with van der Waals surface area (Å²) in [5, 5.41) is 3.27. The lowest BCUT2D eigenvalue weighted by Gasteiger charge is -2.11. The Morgan fingerprint density at radius 2 is 2.07 bits per heavy atom. The molecule has 3 heteroatoms. The van der Waals surface area contributed by atoms with Crippen LogP contribution in [0.15, 0.2) is 18.3 Å². The zero-order valence-electron chi connectivity index (χ0n) is 9.95. The van der Waals surface area contributed by atoms with Crippen LogP contribution in [0.5, 0.6) is 0 Å². The van der Waals surface area contributed by atoms with E-state index in [9.17, 15) is 0 Å². The van der Waals surface area contributed by atoms with Crippen molar-refractivity contribution in [2.24, 2.45) is 0 Å². The van der Waals surface area contributed by atoms with E-state index in [1.54, 1.807) is 0 Å². The topological polar surface area (TPSA) is 34.1 Å². The maximum absolute atomic E-state index is 5.53. The first-order chi connectivity index (χ1) is 7.08. The first-order valence-electron chi connectivity index (χ1n) is 5.41. The van der Waals surface area contributed by atoms with Gasteiger partial charge >= 0.3 is 0 Å². The molecule has 84 valence electrons. The molecule has 1 N–H and O–H groups in total. The average molecular weight is 208 g/mol. The van der Waals surface area contributed by atoms with Gasteiger partial charge in [-0.15, -0.1) is 0 Å². The summed E-state index contributed by atoms with van der Waals surface area (Å²) in [6.45, 7) is 8.91. The maximum atomic E-state index is 5.53. The molecule has 0 unspecified atom stereocenters. The molecule has 0 aliphatic carbocycles. The summed E-state index contributed by atoms with van der Waals surface area (Å²) in [7, 11) is 0. The molecule has 0 radical (unpaired) electrons. The van der Waals surface area contributed by atoms with Crippen molar-refractivity contribution in [3.8, 4) is 0 Å². The fourth-order valence-electron chi connectivity index (χ4n) is 1.20. The van der Waals surface area contributed by atoms with E-state index in [1.807, 2.05) is 32.2 Å². The van der Waals surface area contributed by atoms with E-state index >= 15 is 0 Å². The first-order valence-corrected chi connectivity index (χ1v) is 5.41. The van der Waals surface area contributed by atoms with Crippen molar-refractivity contribution >= 4 is 5.82 Å². The molecule has 0 aromatic carbocycles. The third-order valence-electron chi connectivity index (χ3n) is 1.84. The Bertz CT molecular complexity index is 297. The second-order valence-corrected chi connectivity index (χ2v) is 4.21. The summed E-state index contributed by atoms with van der Waals surface area (Å²) in [5.41, 5.74) is 1.15. The number of nitrogens with one attached hydrogen (secondary N) is 1. The van der Waals surface area contributed by atoms with Crippen molar-refractivity contribution in [1.82, 2.24) is 4.98 Å². The van der Waals surface area contributed by atoms with Gasteiger partial charge in [-0.2, -0.15) is 0 Å². The molecular formula is C12H20N2O. The molecule has 0 fully saturated rings. The number of pyridine rings is 1. The Morgan fingerprint density at radius 1 is 1.33 bits per heavy atom. The predicted molar refractivity (Wildman–Crippen MR) is 62.9 cm³/mol. The molecule has 0 aliphatic rings. The first kappa shape index (κ1) is 12.0. The second-order valence-electron chi connectivity index (χ2n) is 4.21. The number of hydrogen-bond acceptors (Lipinski definition) is 3. The molecule has 1 rings (SSSR count). The van der Waals surface area contributed by atoms with Crippen LogP contribution in [0, 0.1) is 0 Å². The van der Waals surface area contributed by atoms with E-state index < -0.39 is 0 Å². The molecule has 0 saturated heterocycles. The Hall–Kier alpha value is -1.09. The van der Waals surface area contributed by atoms with Crippen LogP contribution in [0.25, 0.3) is 0 Å². The largest absolute Gasteiger partial charge is 0.374 e. The van der Waals surface area contributed by atoms with Crippen molar-refractivity contribution in [3.05, 3.63) is 23.9 Å². The van der Waals surface area contributed by atoms with E-state index in [4.69, 9.17) is 4.74 Å². The number of anilines is 1. The lowest BCUT2D eigenvalue weighted by atomic mass is 10.2. The number of rotatable bonds is 5. The van der Waals surface area contributed by atoms with E-state index in [2.05, 4.69) is 24.1 Å². The molecular weight excluding hydrogens is 188 g/mol. The van der Waals surface area contributed by atoms with Gasteiger partial charge in [0.05, 0.1) is 12.7 Å².